The van der Waals surface area contributed by atoms with Crippen molar-refractivity contribution in [1.29, 1.82) is 0 Å². The largest absolute Gasteiger partial charge is 0.495 e. The molecular formula is C13H11Br2IO2S. The molecule has 0 N–H and O–H groups in total. The number of alkyl halides is 1. The smallest absolute Gasteiger partial charge is 0.141 e. The average Bonchev–Trinajstić information content (AvgIpc) is 2.84. The molecule has 0 spiro atoms. The van der Waals surface area contributed by atoms with E-state index < -0.39 is 0 Å². The molecule has 1 aromatic carbocycles. The quantitative estimate of drug-likeness (QED) is 0.387. The van der Waals surface area contributed by atoms with Crippen molar-refractivity contribution in [3.05, 3.63) is 42.1 Å². The van der Waals surface area contributed by atoms with Crippen molar-refractivity contribution in [3.63, 3.8) is 0 Å². The van der Waals surface area contributed by atoms with E-state index in [0.29, 0.717) is 0 Å². The lowest BCUT2D eigenvalue weighted by Crippen LogP contribution is -1.98. The molecule has 102 valence electrons. The van der Waals surface area contributed by atoms with Crippen LogP contribution in [0, 0.1) is 2.88 Å². The molecule has 0 fully saturated rings. The Morgan fingerprint density at radius 3 is 2.53 bits per heavy atom. The summed E-state index contributed by atoms with van der Waals surface area (Å²) in [6.45, 7) is 0. The van der Waals surface area contributed by atoms with Gasteiger partial charge in [-0.25, -0.2) is 0 Å². The van der Waals surface area contributed by atoms with E-state index in [1.165, 1.54) is 8.45 Å². The molecule has 0 saturated carbocycles. The van der Waals surface area contributed by atoms with Gasteiger partial charge in [0, 0.05) is 5.56 Å². The summed E-state index contributed by atoms with van der Waals surface area (Å²) in [5.74, 6) is 1.56. The summed E-state index contributed by atoms with van der Waals surface area (Å²) in [6, 6.07) is 6.13. The maximum atomic E-state index is 5.51. The Morgan fingerprint density at radius 1 is 1.26 bits per heavy atom. The van der Waals surface area contributed by atoms with Crippen LogP contribution >= 0.6 is 65.8 Å². The van der Waals surface area contributed by atoms with Crippen molar-refractivity contribution < 1.29 is 9.47 Å². The van der Waals surface area contributed by atoms with Gasteiger partial charge in [-0.05, 0) is 61.6 Å². The zero-order valence-electron chi connectivity index (χ0n) is 10.2. The third kappa shape index (κ3) is 3.28. The van der Waals surface area contributed by atoms with Crippen LogP contribution in [0.3, 0.4) is 0 Å². The molecular weight excluding hydrogens is 507 g/mol. The molecule has 0 radical (unpaired) electrons. The molecule has 6 heteroatoms. The predicted octanol–water partition coefficient (Wildman–Crippen LogP) is 5.62. The van der Waals surface area contributed by atoms with Gasteiger partial charge in [0.05, 0.1) is 21.9 Å². The minimum atomic E-state index is 0.101. The Labute approximate surface area is 146 Å². The second kappa shape index (κ2) is 6.78. The highest BCUT2D eigenvalue weighted by Crippen LogP contribution is 2.44. The second-order valence-corrected chi connectivity index (χ2v) is 8.27. The average molecular weight is 518 g/mol. The standard InChI is InChI=1S/C13H11Br2IO2S/c1-17-9-4-3-8(13(18-2)12(9)15)11(14)7-5-10(16)19-6-7/h3-6,11H,1-2H3. The number of thiophene rings is 1. The molecule has 0 aliphatic rings. The Hall–Kier alpha value is 0.210. The molecule has 2 nitrogen and oxygen atoms in total. The number of benzene rings is 1. The van der Waals surface area contributed by atoms with E-state index in [9.17, 15) is 0 Å². The molecule has 0 bridgehead atoms. The van der Waals surface area contributed by atoms with Gasteiger partial charge in [0.1, 0.15) is 16.0 Å². The monoisotopic (exact) mass is 516 g/mol. The minimum absolute atomic E-state index is 0.101. The maximum absolute atomic E-state index is 5.51. The topological polar surface area (TPSA) is 18.5 Å². The molecule has 0 aliphatic carbocycles. The fourth-order valence-corrected chi connectivity index (χ4v) is 4.64. The zero-order valence-corrected chi connectivity index (χ0v) is 16.4. The Balaban J connectivity index is 2.47. The number of methoxy groups -OCH3 is 2. The van der Waals surface area contributed by atoms with Gasteiger partial charge in [-0.3, -0.25) is 0 Å². The van der Waals surface area contributed by atoms with Crippen LogP contribution in [0.4, 0.5) is 0 Å². The fourth-order valence-electron chi connectivity index (χ4n) is 1.75. The lowest BCUT2D eigenvalue weighted by Gasteiger charge is -2.16. The van der Waals surface area contributed by atoms with Crippen LogP contribution in [-0.2, 0) is 0 Å². The van der Waals surface area contributed by atoms with Crippen LogP contribution in [0.2, 0.25) is 0 Å². The molecule has 2 rings (SSSR count). The molecule has 0 amide bonds. The first-order valence-electron chi connectivity index (χ1n) is 5.36. The lowest BCUT2D eigenvalue weighted by molar-refractivity contribution is 0.386. The molecule has 1 heterocycles. The first kappa shape index (κ1) is 15.6. The minimum Gasteiger partial charge on any atom is -0.495 e. The molecule has 2 aromatic rings. The SMILES string of the molecule is COc1ccc(C(Br)c2csc(I)c2)c(OC)c1Br. The van der Waals surface area contributed by atoms with E-state index in [2.05, 4.69) is 65.9 Å². The summed E-state index contributed by atoms with van der Waals surface area (Å²) in [5.41, 5.74) is 2.30. The number of rotatable bonds is 4. The van der Waals surface area contributed by atoms with E-state index in [4.69, 9.17) is 9.47 Å². The first-order valence-corrected chi connectivity index (χ1v) is 9.03. The van der Waals surface area contributed by atoms with Gasteiger partial charge in [0.25, 0.3) is 0 Å². The van der Waals surface area contributed by atoms with Crippen molar-refractivity contribution >= 4 is 65.8 Å². The highest BCUT2D eigenvalue weighted by Gasteiger charge is 2.20. The van der Waals surface area contributed by atoms with E-state index in [1.807, 2.05) is 12.1 Å². The molecule has 0 aliphatic heterocycles. The Kier molecular flexibility index (Phi) is 5.56. The summed E-state index contributed by atoms with van der Waals surface area (Å²) < 4.78 is 12.9. The normalized spacial score (nSPS) is 12.3. The first-order chi connectivity index (χ1) is 9.08. The van der Waals surface area contributed by atoms with Crippen LogP contribution in [0.25, 0.3) is 0 Å². The van der Waals surface area contributed by atoms with Crippen molar-refractivity contribution in [1.82, 2.24) is 0 Å². The van der Waals surface area contributed by atoms with Gasteiger partial charge >= 0.3 is 0 Å². The molecule has 1 unspecified atom stereocenters. The Morgan fingerprint density at radius 2 is 2.00 bits per heavy atom. The van der Waals surface area contributed by atoms with Crippen molar-refractivity contribution in [2.75, 3.05) is 14.2 Å². The Bertz CT molecular complexity index is 586. The summed E-state index contributed by atoms with van der Waals surface area (Å²) in [6.07, 6.45) is 0. The van der Waals surface area contributed by atoms with E-state index in [1.54, 1.807) is 25.6 Å². The summed E-state index contributed by atoms with van der Waals surface area (Å²) >= 11 is 11.3. The van der Waals surface area contributed by atoms with E-state index >= 15 is 0 Å². The van der Waals surface area contributed by atoms with Gasteiger partial charge < -0.3 is 9.47 Å². The van der Waals surface area contributed by atoms with E-state index in [0.717, 1.165) is 21.5 Å². The van der Waals surface area contributed by atoms with Crippen molar-refractivity contribution in [2.24, 2.45) is 0 Å². The van der Waals surface area contributed by atoms with Crippen LogP contribution in [0.15, 0.2) is 28.1 Å². The number of halogens is 3. The van der Waals surface area contributed by atoms with Gasteiger partial charge in [0.2, 0.25) is 0 Å². The maximum Gasteiger partial charge on any atom is 0.141 e. The number of hydrogen-bond acceptors (Lipinski definition) is 3. The fraction of sp³-hybridized carbons (Fsp3) is 0.231. The van der Waals surface area contributed by atoms with Crippen molar-refractivity contribution in [2.45, 2.75) is 4.83 Å². The third-order valence-corrected chi connectivity index (χ3v) is 6.25. The van der Waals surface area contributed by atoms with Crippen LogP contribution < -0.4 is 9.47 Å². The third-order valence-electron chi connectivity index (χ3n) is 2.67. The highest BCUT2D eigenvalue weighted by atomic mass is 127. The molecule has 0 saturated heterocycles. The summed E-state index contributed by atoms with van der Waals surface area (Å²) in [7, 11) is 3.31. The lowest BCUT2D eigenvalue weighted by atomic mass is 10.1. The van der Waals surface area contributed by atoms with Crippen LogP contribution in [-0.4, -0.2) is 14.2 Å². The van der Waals surface area contributed by atoms with E-state index in [-0.39, 0.29) is 4.83 Å². The molecule has 19 heavy (non-hydrogen) atoms. The number of hydrogen-bond donors (Lipinski definition) is 0. The second-order valence-electron chi connectivity index (χ2n) is 3.75. The van der Waals surface area contributed by atoms with Crippen LogP contribution in [0.1, 0.15) is 16.0 Å². The molecule has 1 aromatic heterocycles. The summed E-state index contributed by atoms with van der Waals surface area (Å²) in [5, 5.41) is 2.15. The zero-order chi connectivity index (χ0) is 14.0. The number of ether oxygens (including phenoxy) is 2. The van der Waals surface area contributed by atoms with Gasteiger partial charge in [-0.2, -0.15) is 0 Å². The van der Waals surface area contributed by atoms with Crippen molar-refractivity contribution in [3.8, 4) is 11.5 Å². The van der Waals surface area contributed by atoms with Gasteiger partial charge in [0.15, 0.2) is 0 Å². The van der Waals surface area contributed by atoms with Gasteiger partial charge in [-0.1, -0.05) is 22.0 Å². The summed E-state index contributed by atoms with van der Waals surface area (Å²) in [4.78, 5) is 0.101. The highest BCUT2D eigenvalue weighted by molar-refractivity contribution is 14.1. The predicted molar refractivity (Wildman–Crippen MR) is 95.1 cm³/mol. The molecule has 1 atom stereocenters. The van der Waals surface area contributed by atoms with Crippen LogP contribution in [0.5, 0.6) is 11.5 Å². The van der Waals surface area contributed by atoms with Gasteiger partial charge in [-0.15, -0.1) is 11.3 Å².